The van der Waals surface area contributed by atoms with Crippen LogP contribution in [0.2, 0.25) is 0 Å². The summed E-state index contributed by atoms with van der Waals surface area (Å²) in [6.07, 6.45) is 3.21. The molecule has 0 bridgehead atoms. The summed E-state index contributed by atoms with van der Waals surface area (Å²) in [7, 11) is 0. The SMILES string of the molecule is CCCCOc1ccc(-c2nnc(CN3CCC(CO)C3)o2)cc1. The molecule has 1 fully saturated rings. The second-order valence-electron chi connectivity index (χ2n) is 6.30. The van der Waals surface area contributed by atoms with E-state index in [1.54, 1.807) is 0 Å². The molecule has 6 heteroatoms. The molecule has 3 rings (SSSR count). The van der Waals surface area contributed by atoms with Crippen molar-refractivity contribution in [3.8, 4) is 17.2 Å². The van der Waals surface area contributed by atoms with Gasteiger partial charge in [0.15, 0.2) is 0 Å². The van der Waals surface area contributed by atoms with Crippen LogP contribution in [0.15, 0.2) is 28.7 Å². The zero-order chi connectivity index (χ0) is 16.8. The van der Waals surface area contributed by atoms with E-state index in [9.17, 15) is 5.11 Å². The standard InChI is InChI=1S/C18H25N3O3/c1-2-3-10-23-16-6-4-15(5-7-16)18-20-19-17(24-18)12-21-9-8-14(11-21)13-22/h4-7,14,22H,2-3,8-13H2,1H3. The van der Waals surface area contributed by atoms with Gasteiger partial charge in [-0.05, 0) is 49.6 Å². The number of likely N-dealkylation sites (tertiary alicyclic amines) is 1. The van der Waals surface area contributed by atoms with Crippen LogP contribution in [0.5, 0.6) is 5.75 Å². The topological polar surface area (TPSA) is 71.6 Å². The van der Waals surface area contributed by atoms with E-state index in [0.717, 1.165) is 50.3 Å². The second-order valence-corrected chi connectivity index (χ2v) is 6.30. The number of benzene rings is 1. The summed E-state index contributed by atoms with van der Waals surface area (Å²) in [4.78, 5) is 2.24. The van der Waals surface area contributed by atoms with Crippen molar-refractivity contribution >= 4 is 0 Å². The molecule has 0 amide bonds. The average Bonchev–Trinajstić information content (AvgIpc) is 3.26. The third-order valence-corrected chi connectivity index (χ3v) is 4.32. The van der Waals surface area contributed by atoms with Gasteiger partial charge in [0.05, 0.1) is 13.2 Å². The highest BCUT2D eigenvalue weighted by atomic mass is 16.5. The molecule has 0 spiro atoms. The summed E-state index contributed by atoms with van der Waals surface area (Å²) in [5.74, 6) is 2.38. The molecule has 1 N–H and O–H groups in total. The van der Waals surface area contributed by atoms with E-state index >= 15 is 0 Å². The fraction of sp³-hybridized carbons (Fsp3) is 0.556. The minimum atomic E-state index is 0.248. The molecular weight excluding hydrogens is 306 g/mol. The van der Waals surface area contributed by atoms with E-state index in [1.807, 2.05) is 24.3 Å². The Hall–Kier alpha value is -1.92. The van der Waals surface area contributed by atoms with E-state index in [1.165, 1.54) is 0 Å². The molecule has 1 aliphatic rings. The number of unbranched alkanes of at least 4 members (excludes halogenated alkanes) is 1. The summed E-state index contributed by atoms with van der Waals surface area (Å²) in [6, 6.07) is 7.74. The second kappa shape index (κ2) is 8.26. The summed E-state index contributed by atoms with van der Waals surface area (Å²) in [6.45, 7) is 5.63. The minimum absolute atomic E-state index is 0.248. The summed E-state index contributed by atoms with van der Waals surface area (Å²) < 4.78 is 11.4. The molecule has 0 saturated carbocycles. The predicted molar refractivity (Wildman–Crippen MR) is 90.6 cm³/mol. The maximum atomic E-state index is 9.20. The molecule has 2 aromatic rings. The molecule has 1 aliphatic heterocycles. The molecule has 1 aromatic heterocycles. The van der Waals surface area contributed by atoms with Crippen molar-refractivity contribution in [2.45, 2.75) is 32.7 Å². The first-order valence-electron chi connectivity index (χ1n) is 8.67. The lowest BCUT2D eigenvalue weighted by atomic mass is 10.1. The Morgan fingerprint density at radius 1 is 1.29 bits per heavy atom. The Labute approximate surface area is 142 Å². The number of nitrogens with zero attached hydrogens (tertiary/aromatic N) is 3. The van der Waals surface area contributed by atoms with Crippen molar-refractivity contribution in [1.29, 1.82) is 0 Å². The highest BCUT2D eigenvalue weighted by molar-refractivity contribution is 5.53. The van der Waals surface area contributed by atoms with Crippen LogP contribution in [-0.4, -0.2) is 46.5 Å². The van der Waals surface area contributed by atoms with Gasteiger partial charge in [0.1, 0.15) is 5.75 Å². The van der Waals surface area contributed by atoms with Crippen molar-refractivity contribution in [3.05, 3.63) is 30.2 Å². The monoisotopic (exact) mass is 331 g/mol. The van der Waals surface area contributed by atoms with Gasteiger partial charge in [-0.3, -0.25) is 4.90 Å². The van der Waals surface area contributed by atoms with Gasteiger partial charge in [0.25, 0.3) is 0 Å². The highest BCUT2D eigenvalue weighted by Gasteiger charge is 2.23. The Balaban J connectivity index is 1.57. The first kappa shape index (κ1) is 16.9. The summed E-state index contributed by atoms with van der Waals surface area (Å²) in [5, 5.41) is 17.5. The van der Waals surface area contributed by atoms with Gasteiger partial charge in [-0.25, -0.2) is 0 Å². The molecule has 6 nitrogen and oxygen atoms in total. The van der Waals surface area contributed by atoms with Gasteiger partial charge < -0.3 is 14.3 Å². The van der Waals surface area contributed by atoms with Gasteiger partial charge in [0.2, 0.25) is 11.8 Å². The van der Waals surface area contributed by atoms with Gasteiger partial charge in [0, 0.05) is 18.7 Å². The first-order valence-corrected chi connectivity index (χ1v) is 8.67. The van der Waals surface area contributed by atoms with Crippen LogP contribution in [0.3, 0.4) is 0 Å². The zero-order valence-corrected chi connectivity index (χ0v) is 14.1. The maximum absolute atomic E-state index is 9.20. The van der Waals surface area contributed by atoms with Crippen molar-refractivity contribution in [2.75, 3.05) is 26.3 Å². The number of aromatic nitrogens is 2. The zero-order valence-electron chi connectivity index (χ0n) is 14.1. The molecule has 24 heavy (non-hydrogen) atoms. The molecule has 130 valence electrons. The molecule has 1 saturated heterocycles. The van der Waals surface area contributed by atoms with E-state index in [0.29, 0.717) is 24.2 Å². The number of ether oxygens (including phenoxy) is 1. The van der Waals surface area contributed by atoms with Gasteiger partial charge in [-0.1, -0.05) is 13.3 Å². The number of hydrogen-bond donors (Lipinski definition) is 1. The summed E-state index contributed by atoms with van der Waals surface area (Å²) in [5.41, 5.74) is 0.895. The molecule has 2 heterocycles. The Morgan fingerprint density at radius 2 is 2.12 bits per heavy atom. The Bertz CT molecular complexity index is 627. The fourth-order valence-electron chi connectivity index (χ4n) is 2.86. The van der Waals surface area contributed by atoms with Crippen LogP contribution in [0.4, 0.5) is 0 Å². The smallest absolute Gasteiger partial charge is 0.247 e. The third kappa shape index (κ3) is 4.33. The molecule has 0 radical (unpaired) electrons. The quantitative estimate of drug-likeness (QED) is 0.750. The van der Waals surface area contributed by atoms with Crippen molar-refractivity contribution < 1.29 is 14.3 Å². The minimum Gasteiger partial charge on any atom is -0.494 e. The van der Waals surface area contributed by atoms with Crippen LogP contribution in [0.25, 0.3) is 11.5 Å². The maximum Gasteiger partial charge on any atom is 0.247 e. The van der Waals surface area contributed by atoms with Gasteiger partial charge >= 0.3 is 0 Å². The van der Waals surface area contributed by atoms with E-state index in [2.05, 4.69) is 22.0 Å². The van der Waals surface area contributed by atoms with E-state index < -0.39 is 0 Å². The van der Waals surface area contributed by atoms with E-state index in [-0.39, 0.29) is 6.61 Å². The number of aliphatic hydroxyl groups is 1. The summed E-state index contributed by atoms with van der Waals surface area (Å²) >= 11 is 0. The third-order valence-electron chi connectivity index (χ3n) is 4.32. The highest BCUT2D eigenvalue weighted by Crippen LogP contribution is 2.23. The van der Waals surface area contributed by atoms with Gasteiger partial charge in [-0.15, -0.1) is 10.2 Å². The number of aliphatic hydroxyl groups excluding tert-OH is 1. The largest absolute Gasteiger partial charge is 0.494 e. The van der Waals surface area contributed by atoms with Crippen LogP contribution in [0, 0.1) is 5.92 Å². The van der Waals surface area contributed by atoms with Crippen molar-refractivity contribution in [1.82, 2.24) is 15.1 Å². The van der Waals surface area contributed by atoms with Crippen LogP contribution < -0.4 is 4.74 Å². The molecule has 1 aromatic carbocycles. The number of hydrogen-bond acceptors (Lipinski definition) is 6. The van der Waals surface area contributed by atoms with Gasteiger partial charge in [-0.2, -0.15) is 0 Å². The van der Waals surface area contributed by atoms with Crippen molar-refractivity contribution in [3.63, 3.8) is 0 Å². The first-order chi connectivity index (χ1) is 11.8. The Kier molecular flexibility index (Phi) is 5.82. The molecule has 1 atom stereocenters. The number of rotatable bonds is 8. The molecule has 1 unspecified atom stereocenters. The fourth-order valence-corrected chi connectivity index (χ4v) is 2.86. The predicted octanol–water partition coefficient (Wildman–Crippen LogP) is 2.73. The lowest BCUT2D eigenvalue weighted by Crippen LogP contribution is -2.21. The average molecular weight is 331 g/mol. The van der Waals surface area contributed by atoms with Crippen LogP contribution >= 0.6 is 0 Å². The lowest BCUT2D eigenvalue weighted by molar-refractivity contribution is 0.215. The molecule has 0 aliphatic carbocycles. The van der Waals surface area contributed by atoms with E-state index in [4.69, 9.17) is 9.15 Å². The Morgan fingerprint density at radius 3 is 2.83 bits per heavy atom. The van der Waals surface area contributed by atoms with Crippen LogP contribution in [0.1, 0.15) is 32.1 Å². The lowest BCUT2D eigenvalue weighted by Gasteiger charge is -2.12. The van der Waals surface area contributed by atoms with Crippen LogP contribution in [-0.2, 0) is 6.54 Å². The normalized spacial score (nSPS) is 18.2. The van der Waals surface area contributed by atoms with Crippen molar-refractivity contribution in [2.24, 2.45) is 5.92 Å². The molecular formula is C18H25N3O3.